The van der Waals surface area contributed by atoms with E-state index in [-0.39, 0.29) is 30.0 Å². The van der Waals surface area contributed by atoms with Gasteiger partial charge in [0, 0.05) is 42.4 Å². The molecule has 0 spiro atoms. The molecule has 0 aliphatic rings. The zero-order valence-electron chi connectivity index (χ0n) is 14.7. The van der Waals surface area contributed by atoms with Crippen LogP contribution in [0.3, 0.4) is 0 Å². The number of nitrogens with one attached hydrogen (secondary N) is 2. The Labute approximate surface area is 160 Å². The van der Waals surface area contributed by atoms with Crippen LogP contribution < -0.4 is 10.9 Å². The van der Waals surface area contributed by atoms with Crippen molar-refractivity contribution in [3.8, 4) is 11.4 Å². The normalized spacial score (nSPS) is 10.6. The molecular formula is C19H18ClN5O2. The smallest absolute Gasteiger partial charge is 0.273 e. The molecule has 27 heavy (non-hydrogen) atoms. The van der Waals surface area contributed by atoms with Gasteiger partial charge in [0.05, 0.1) is 0 Å². The van der Waals surface area contributed by atoms with Gasteiger partial charge in [-0.15, -0.1) is 10.2 Å². The number of pyridine rings is 1. The van der Waals surface area contributed by atoms with E-state index in [1.807, 2.05) is 25.1 Å². The zero-order valence-corrected chi connectivity index (χ0v) is 15.5. The number of carbonyl (C=O) groups is 1. The Bertz CT molecular complexity index is 1000. The van der Waals surface area contributed by atoms with Gasteiger partial charge in [-0.1, -0.05) is 29.8 Å². The van der Waals surface area contributed by atoms with E-state index in [1.54, 1.807) is 24.5 Å². The molecule has 0 radical (unpaired) electrons. The molecule has 138 valence electrons. The van der Waals surface area contributed by atoms with Gasteiger partial charge in [0.1, 0.15) is 5.69 Å². The van der Waals surface area contributed by atoms with Gasteiger partial charge in [0.25, 0.3) is 5.56 Å². The van der Waals surface area contributed by atoms with Gasteiger partial charge in [-0.25, -0.2) is 0 Å². The lowest BCUT2D eigenvalue weighted by Gasteiger charge is -2.06. The molecule has 1 amide bonds. The highest BCUT2D eigenvalue weighted by Gasteiger charge is 2.10. The van der Waals surface area contributed by atoms with E-state index in [0.717, 1.165) is 11.1 Å². The van der Waals surface area contributed by atoms with Crippen molar-refractivity contribution in [2.24, 2.45) is 0 Å². The number of nitrogens with zero attached hydrogens (tertiary/aromatic N) is 3. The minimum absolute atomic E-state index is 0.147. The Morgan fingerprint density at radius 3 is 2.81 bits per heavy atom. The maximum Gasteiger partial charge on any atom is 0.273 e. The quantitative estimate of drug-likeness (QED) is 0.680. The topological polar surface area (TPSA) is 101 Å². The fraction of sp³-hybridized carbons (Fsp3) is 0.211. The van der Waals surface area contributed by atoms with Gasteiger partial charge in [-0.2, -0.15) is 0 Å². The van der Waals surface area contributed by atoms with E-state index in [9.17, 15) is 9.59 Å². The van der Waals surface area contributed by atoms with Crippen LogP contribution in [0.5, 0.6) is 0 Å². The molecule has 0 saturated carbocycles. The molecule has 3 aromatic rings. The first-order valence-electron chi connectivity index (χ1n) is 8.41. The van der Waals surface area contributed by atoms with E-state index < -0.39 is 0 Å². The summed E-state index contributed by atoms with van der Waals surface area (Å²) in [6.07, 6.45) is 3.71. The average molecular weight is 384 g/mol. The third kappa shape index (κ3) is 4.98. The van der Waals surface area contributed by atoms with Gasteiger partial charge in [0.2, 0.25) is 5.91 Å². The summed E-state index contributed by atoms with van der Waals surface area (Å²) in [6.45, 7) is 2.28. The third-order valence-corrected chi connectivity index (χ3v) is 4.42. The van der Waals surface area contributed by atoms with Crippen molar-refractivity contribution in [3.05, 3.63) is 74.9 Å². The Morgan fingerprint density at radius 2 is 2.11 bits per heavy atom. The molecule has 0 saturated heterocycles. The highest BCUT2D eigenvalue weighted by Crippen LogP contribution is 2.21. The van der Waals surface area contributed by atoms with Gasteiger partial charge in [-0.05, 0) is 30.2 Å². The molecule has 0 bridgehead atoms. The van der Waals surface area contributed by atoms with E-state index in [4.69, 9.17) is 11.6 Å². The summed E-state index contributed by atoms with van der Waals surface area (Å²) in [5.41, 5.74) is 2.37. The number of aromatic amines is 1. The summed E-state index contributed by atoms with van der Waals surface area (Å²) < 4.78 is 0. The summed E-state index contributed by atoms with van der Waals surface area (Å²) >= 11 is 6.10. The zero-order chi connectivity index (χ0) is 19.2. The highest BCUT2D eigenvalue weighted by molar-refractivity contribution is 6.31. The molecule has 2 N–H and O–H groups in total. The minimum atomic E-state index is -0.364. The van der Waals surface area contributed by atoms with Gasteiger partial charge >= 0.3 is 0 Å². The van der Waals surface area contributed by atoms with Crippen LogP contribution in [0.4, 0.5) is 0 Å². The lowest BCUT2D eigenvalue weighted by atomic mass is 10.1. The van der Waals surface area contributed by atoms with E-state index in [0.29, 0.717) is 23.0 Å². The summed E-state index contributed by atoms with van der Waals surface area (Å²) in [7, 11) is 0. The largest absolute Gasteiger partial charge is 0.352 e. The van der Waals surface area contributed by atoms with Crippen molar-refractivity contribution < 1.29 is 4.79 Å². The molecule has 3 rings (SSSR count). The van der Waals surface area contributed by atoms with Crippen LogP contribution in [-0.4, -0.2) is 26.1 Å². The van der Waals surface area contributed by atoms with Gasteiger partial charge in [-0.3, -0.25) is 14.6 Å². The van der Waals surface area contributed by atoms with E-state index >= 15 is 0 Å². The molecule has 0 unspecified atom stereocenters. The predicted octanol–water partition coefficient (Wildman–Crippen LogP) is 2.44. The highest BCUT2D eigenvalue weighted by atomic mass is 35.5. The first kappa shape index (κ1) is 18.7. The molecular weight excluding hydrogens is 366 g/mol. The van der Waals surface area contributed by atoms with Crippen molar-refractivity contribution in [1.82, 2.24) is 25.5 Å². The standard InChI is InChI=1S/C19H18ClN5O2/c1-12-4-5-14(9-15(12)20)18-23-19(27)16(24-25-18)6-7-17(26)22-11-13-3-2-8-21-10-13/h2-5,8-10H,6-7,11H2,1H3,(H,22,26)(H,23,25,27). The summed E-state index contributed by atoms with van der Waals surface area (Å²) in [4.78, 5) is 30.9. The van der Waals surface area contributed by atoms with Crippen LogP contribution >= 0.6 is 11.6 Å². The molecule has 1 aromatic carbocycles. The number of aryl methyl sites for hydroxylation is 2. The number of carbonyl (C=O) groups excluding carboxylic acids is 1. The number of halogens is 1. The van der Waals surface area contributed by atoms with E-state index in [2.05, 4.69) is 25.5 Å². The Morgan fingerprint density at radius 1 is 1.26 bits per heavy atom. The van der Waals surface area contributed by atoms with Gasteiger partial charge < -0.3 is 10.3 Å². The summed E-state index contributed by atoms with van der Waals surface area (Å²) in [5.74, 6) is 0.168. The van der Waals surface area contributed by atoms with Gasteiger partial charge in [0.15, 0.2) is 5.82 Å². The number of amides is 1. The Hall–Kier alpha value is -3.06. The fourth-order valence-corrected chi connectivity index (χ4v) is 2.60. The third-order valence-electron chi connectivity index (χ3n) is 4.01. The number of hydrogen-bond donors (Lipinski definition) is 2. The SMILES string of the molecule is Cc1ccc(-c2nnc(CCC(=O)NCc3cccnc3)c(=O)[nH]2)cc1Cl. The Kier molecular flexibility index (Phi) is 5.93. The molecule has 0 fully saturated rings. The molecule has 8 heteroatoms. The summed E-state index contributed by atoms with van der Waals surface area (Å²) in [6, 6.07) is 9.06. The maximum absolute atomic E-state index is 12.2. The molecule has 0 aliphatic carbocycles. The second-order valence-corrected chi connectivity index (χ2v) is 6.46. The Balaban J connectivity index is 1.60. The van der Waals surface area contributed by atoms with Crippen molar-refractivity contribution in [2.75, 3.05) is 0 Å². The number of H-pyrrole nitrogens is 1. The molecule has 2 heterocycles. The van der Waals surface area contributed by atoms with Crippen LogP contribution in [0.1, 0.15) is 23.2 Å². The maximum atomic E-state index is 12.2. The number of aromatic nitrogens is 4. The molecule has 7 nitrogen and oxygen atoms in total. The second-order valence-electron chi connectivity index (χ2n) is 6.05. The molecule has 0 aliphatic heterocycles. The van der Waals surface area contributed by atoms with Crippen LogP contribution in [0.2, 0.25) is 5.02 Å². The number of benzene rings is 1. The first-order chi connectivity index (χ1) is 13.0. The first-order valence-corrected chi connectivity index (χ1v) is 8.79. The van der Waals surface area contributed by atoms with Crippen LogP contribution in [0.25, 0.3) is 11.4 Å². The average Bonchev–Trinajstić information content (AvgIpc) is 2.68. The fourth-order valence-electron chi connectivity index (χ4n) is 2.42. The summed E-state index contributed by atoms with van der Waals surface area (Å²) in [5, 5.41) is 11.4. The van der Waals surface area contributed by atoms with Crippen molar-refractivity contribution in [1.29, 1.82) is 0 Å². The van der Waals surface area contributed by atoms with Crippen molar-refractivity contribution in [2.45, 2.75) is 26.3 Å². The molecule has 2 aromatic heterocycles. The monoisotopic (exact) mass is 383 g/mol. The van der Waals surface area contributed by atoms with E-state index in [1.165, 1.54) is 0 Å². The van der Waals surface area contributed by atoms with Crippen LogP contribution in [0, 0.1) is 6.92 Å². The molecule has 0 atom stereocenters. The number of hydrogen-bond acceptors (Lipinski definition) is 5. The minimum Gasteiger partial charge on any atom is -0.352 e. The predicted molar refractivity (Wildman–Crippen MR) is 102 cm³/mol. The second kappa shape index (κ2) is 8.55. The lowest BCUT2D eigenvalue weighted by molar-refractivity contribution is -0.121. The van der Waals surface area contributed by atoms with Crippen LogP contribution in [0.15, 0.2) is 47.5 Å². The lowest BCUT2D eigenvalue weighted by Crippen LogP contribution is -2.25. The van der Waals surface area contributed by atoms with Crippen molar-refractivity contribution in [3.63, 3.8) is 0 Å². The number of rotatable bonds is 6. The van der Waals surface area contributed by atoms with Crippen molar-refractivity contribution >= 4 is 17.5 Å². The van der Waals surface area contributed by atoms with Crippen LogP contribution in [-0.2, 0) is 17.8 Å².